The molecule has 0 fully saturated rings. The van der Waals surface area contributed by atoms with Gasteiger partial charge in [0.15, 0.2) is 11.5 Å². The number of hydrogen-bond donors (Lipinski definition) is 0. The summed E-state index contributed by atoms with van der Waals surface area (Å²) < 4.78 is 10.7. The molecule has 1 aromatic carbocycles. The molecule has 0 unspecified atom stereocenters. The van der Waals surface area contributed by atoms with Crippen LogP contribution in [-0.4, -0.2) is 13.1 Å². The first-order valence-corrected chi connectivity index (χ1v) is 7.72. The molecule has 0 spiro atoms. The number of allylic oxidation sites excluding steroid dienone is 1. The van der Waals surface area contributed by atoms with E-state index in [0.717, 1.165) is 18.4 Å². The first-order valence-electron chi connectivity index (χ1n) is 7.72. The summed E-state index contributed by atoms with van der Waals surface area (Å²) in [5.74, 6) is 0.887. The molecule has 1 aromatic rings. The van der Waals surface area contributed by atoms with Crippen LogP contribution in [0.4, 0.5) is 0 Å². The zero-order chi connectivity index (χ0) is 15.5. The van der Waals surface area contributed by atoms with E-state index in [-0.39, 0.29) is 5.97 Å². The predicted octanol–water partition coefficient (Wildman–Crippen LogP) is 4.99. The van der Waals surface area contributed by atoms with Crippen molar-refractivity contribution in [1.82, 2.24) is 0 Å². The highest BCUT2D eigenvalue weighted by Gasteiger charge is 2.10. The average Bonchev–Trinajstić information content (AvgIpc) is 2.49. The van der Waals surface area contributed by atoms with Crippen LogP contribution in [0.3, 0.4) is 0 Å². The topological polar surface area (TPSA) is 35.5 Å². The lowest BCUT2D eigenvalue weighted by Crippen LogP contribution is -2.08. The molecule has 0 N–H and O–H groups in total. The molecule has 0 saturated carbocycles. The van der Waals surface area contributed by atoms with Crippen LogP contribution >= 0.6 is 0 Å². The second-order valence-corrected chi connectivity index (χ2v) is 5.05. The highest BCUT2D eigenvalue weighted by molar-refractivity contribution is 5.73. The Bertz CT molecular complexity index is 464. The molecule has 0 aliphatic rings. The molecule has 1 rings (SSSR count). The van der Waals surface area contributed by atoms with Crippen LogP contribution in [0.5, 0.6) is 11.5 Å². The van der Waals surface area contributed by atoms with E-state index < -0.39 is 0 Å². The van der Waals surface area contributed by atoms with Crippen LogP contribution in [0.15, 0.2) is 24.3 Å². The lowest BCUT2D eigenvalue weighted by Gasteiger charge is -2.10. The summed E-state index contributed by atoms with van der Waals surface area (Å²) in [6, 6.07) is 5.55. The molecule has 3 nitrogen and oxygen atoms in total. The van der Waals surface area contributed by atoms with Gasteiger partial charge in [-0.3, -0.25) is 4.79 Å². The Balaban J connectivity index is 2.51. The van der Waals surface area contributed by atoms with E-state index in [4.69, 9.17) is 9.47 Å². The smallest absolute Gasteiger partial charge is 0.311 e. The maximum Gasteiger partial charge on any atom is 0.311 e. The minimum Gasteiger partial charge on any atom is -0.493 e. The van der Waals surface area contributed by atoms with Gasteiger partial charge in [-0.25, -0.2) is 0 Å². The van der Waals surface area contributed by atoms with Gasteiger partial charge in [-0.2, -0.15) is 0 Å². The fourth-order valence-corrected chi connectivity index (χ4v) is 2.11. The quantitative estimate of drug-likeness (QED) is 0.365. The Labute approximate surface area is 128 Å². The zero-order valence-electron chi connectivity index (χ0n) is 13.4. The first kappa shape index (κ1) is 17.3. The van der Waals surface area contributed by atoms with Crippen LogP contribution in [0.1, 0.15) is 57.9 Å². The van der Waals surface area contributed by atoms with Gasteiger partial charge in [0.25, 0.3) is 0 Å². The molecule has 116 valence electrons. The lowest BCUT2D eigenvalue weighted by atomic mass is 10.1. The molecular weight excluding hydrogens is 264 g/mol. The van der Waals surface area contributed by atoms with E-state index in [1.807, 2.05) is 31.2 Å². The minimum atomic E-state index is -0.191. The largest absolute Gasteiger partial charge is 0.493 e. The number of rotatable bonds is 9. The van der Waals surface area contributed by atoms with Crippen molar-refractivity contribution in [2.75, 3.05) is 7.11 Å². The van der Waals surface area contributed by atoms with Gasteiger partial charge < -0.3 is 9.47 Å². The highest BCUT2D eigenvalue weighted by atomic mass is 16.6. The molecule has 0 amide bonds. The summed E-state index contributed by atoms with van der Waals surface area (Å²) >= 11 is 0. The maximum atomic E-state index is 11.8. The van der Waals surface area contributed by atoms with Crippen LogP contribution in [0.25, 0.3) is 6.08 Å². The zero-order valence-corrected chi connectivity index (χ0v) is 13.4. The molecule has 0 aliphatic heterocycles. The number of benzene rings is 1. The van der Waals surface area contributed by atoms with Crippen molar-refractivity contribution in [1.29, 1.82) is 0 Å². The van der Waals surface area contributed by atoms with Gasteiger partial charge in [0.1, 0.15) is 0 Å². The van der Waals surface area contributed by atoms with E-state index in [2.05, 4.69) is 6.92 Å². The van der Waals surface area contributed by atoms with E-state index in [1.54, 1.807) is 13.2 Å². The molecule has 0 saturated heterocycles. The van der Waals surface area contributed by atoms with E-state index in [1.165, 1.54) is 19.3 Å². The van der Waals surface area contributed by atoms with Crippen molar-refractivity contribution >= 4 is 12.0 Å². The lowest BCUT2D eigenvalue weighted by molar-refractivity contribution is -0.134. The van der Waals surface area contributed by atoms with Crippen molar-refractivity contribution in [2.45, 2.75) is 52.4 Å². The second-order valence-electron chi connectivity index (χ2n) is 5.05. The number of carbonyl (C=O) groups excluding carboxylic acids is 1. The molecular formula is C18H26O3. The number of carbonyl (C=O) groups is 1. The van der Waals surface area contributed by atoms with Crippen LogP contribution in [-0.2, 0) is 4.79 Å². The van der Waals surface area contributed by atoms with Crippen molar-refractivity contribution < 1.29 is 14.3 Å². The summed E-state index contributed by atoms with van der Waals surface area (Å²) in [5.41, 5.74) is 1.02. The van der Waals surface area contributed by atoms with Crippen LogP contribution in [0.2, 0.25) is 0 Å². The third kappa shape index (κ3) is 6.48. The fourth-order valence-electron chi connectivity index (χ4n) is 2.11. The van der Waals surface area contributed by atoms with Gasteiger partial charge in [0, 0.05) is 6.42 Å². The molecule has 0 aliphatic carbocycles. The predicted molar refractivity (Wildman–Crippen MR) is 86.7 cm³/mol. The maximum absolute atomic E-state index is 11.8. The molecule has 0 heterocycles. The first-order chi connectivity index (χ1) is 10.2. The molecule has 0 bridgehead atoms. The molecule has 0 atom stereocenters. The molecule has 0 radical (unpaired) electrons. The van der Waals surface area contributed by atoms with Gasteiger partial charge in [0.2, 0.25) is 0 Å². The van der Waals surface area contributed by atoms with Crippen molar-refractivity contribution in [3.8, 4) is 11.5 Å². The Hall–Kier alpha value is -1.77. The summed E-state index contributed by atoms with van der Waals surface area (Å²) in [6.45, 7) is 4.14. The Kier molecular flexibility index (Phi) is 8.25. The molecule has 21 heavy (non-hydrogen) atoms. The Morgan fingerprint density at radius 3 is 2.57 bits per heavy atom. The third-order valence-corrected chi connectivity index (χ3v) is 3.26. The number of hydrogen-bond acceptors (Lipinski definition) is 3. The number of ether oxygens (including phenoxy) is 2. The van der Waals surface area contributed by atoms with Crippen LogP contribution in [0, 0.1) is 0 Å². The van der Waals surface area contributed by atoms with Crippen molar-refractivity contribution in [3.63, 3.8) is 0 Å². The summed E-state index contributed by atoms with van der Waals surface area (Å²) in [4.78, 5) is 11.8. The van der Waals surface area contributed by atoms with Crippen molar-refractivity contribution in [3.05, 3.63) is 29.8 Å². The van der Waals surface area contributed by atoms with Gasteiger partial charge in [-0.15, -0.1) is 0 Å². The van der Waals surface area contributed by atoms with E-state index in [0.29, 0.717) is 17.9 Å². The number of unbranched alkanes of at least 4 members (excludes halogenated alkanes) is 4. The number of esters is 1. The SMILES string of the molecule is CC=Cc1ccc(OC(=O)CCCCCCC)c(OC)c1. The number of methoxy groups -OCH3 is 1. The Morgan fingerprint density at radius 1 is 1.14 bits per heavy atom. The standard InChI is InChI=1S/C18H26O3/c1-4-6-7-8-9-11-18(19)21-16-13-12-15(10-5-2)14-17(16)20-3/h5,10,12-14H,4,6-9,11H2,1-3H3. The van der Waals surface area contributed by atoms with Crippen LogP contribution < -0.4 is 9.47 Å². The summed E-state index contributed by atoms with van der Waals surface area (Å²) in [5, 5.41) is 0. The van der Waals surface area contributed by atoms with Gasteiger partial charge in [-0.05, 0) is 31.0 Å². The van der Waals surface area contributed by atoms with Crippen molar-refractivity contribution in [2.24, 2.45) is 0 Å². The van der Waals surface area contributed by atoms with E-state index in [9.17, 15) is 4.79 Å². The Morgan fingerprint density at radius 2 is 1.90 bits per heavy atom. The normalized spacial score (nSPS) is 10.8. The average molecular weight is 290 g/mol. The molecule has 0 aromatic heterocycles. The molecule has 3 heteroatoms. The van der Waals surface area contributed by atoms with Gasteiger partial charge in [0.05, 0.1) is 7.11 Å². The second kappa shape index (κ2) is 10.0. The summed E-state index contributed by atoms with van der Waals surface area (Å²) in [7, 11) is 1.58. The monoisotopic (exact) mass is 290 g/mol. The highest BCUT2D eigenvalue weighted by Crippen LogP contribution is 2.29. The fraction of sp³-hybridized carbons (Fsp3) is 0.500. The van der Waals surface area contributed by atoms with Gasteiger partial charge >= 0.3 is 5.97 Å². The van der Waals surface area contributed by atoms with E-state index >= 15 is 0 Å². The summed E-state index contributed by atoms with van der Waals surface area (Å²) in [6.07, 6.45) is 9.99. The van der Waals surface area contributed by atoms with Gasteiger partial charge in [-0.1, -0.05) is 50.8 Å². The minimum absolute atomic E-state index is 0.191. The third-order valence-electron chi connectivity index (χ3n) is 3.26.